The van der Waals surface area contributed by atoms with Gasteiger partial charge in [0.2, 0.25) is 0 Å². The van der Waals surface area contributed by atoms with E-state index in [0.717, 1.165) is 24.9 Å². The van der Waals surface area contributed by atoms with Gasteiger partial charge in [-0.05, 0) is 50.5 Å². The van der Waals surface area contributed by atoms with Crippen LogP contribution in [0.25, 0.3) is 0 Å². The maximum absolute atomic E-state index is 13.1. The Hall–Kier alpha value is -1.05. The highest BCUT2D eigenvalue weighted by atomic mass is 19.1. The molecule has 0 radical (unpaired) electrons. The Labute approximate surface area is 90.9 Å². The van der Waals surface area contributed by atoms with Gasteiger partial charge in [-0.15, -0.1) is 0 Å². The third-order valence-electron chi connectivity index (χ3n) is 3.13. The fourth-order valence-corrected chi connectivity index (χ4v) is 2.49. The molecule has 0 aliphatic carbocycles. The number of anilines is 1. The molecule has 1 nitrogen and oxygen atoms in total. The van der Waals surface area contributed by atoms with Gasteiger partial charge in [-0.3, -0.25) is 0 Å². The van der Waals surface area contributed by atoms with Gasteiger partial charge < -0.3 is 4.90 Å². The van der Waals surface area contributed by atoms with Crippen LogP contribution >= 0.6 is 0 Å². The van der Waals surface area contributed by atoms with Crippen molar-refractivity contribution in [1.29, 1.82) is 0 Å². The van der Waals surface area contributed by atoms with E-state index in [1.807, 2.05) is 6.07 Å². The fraction of sp³-hybridized carbons (Fsp3) is 0.538. The monoisotopic (exact) mass is 207 g/mol. The minimum absolute atomic E-state index is 0.122. The second-order valence-electron chi connectivity index (χ2n) is 4.91. The normalized spacial score (nSPS) is 18.0. The smallest absolute Gasteiger partial charge is 0.123 e. The summed E-state index contributed by atoms with van der Waals surface area (Å²) in [6.45, 7) is 7.67. The number of fused-ring (bicyclic) bond motifs is 1. The quantitative estimate of drug-likeness (QED) is 0.718. The van der Waals surface area contributed by atoms with Gasteiger partial charge in [-0.25, -0.2) is 4.39 Å². The molecule has 0 bridgehead atoms. The Bertz CT molecular complexity index is 371. The lowest BCUT2D eigenvalue weighted by molar-refractivity contribution is 0.485. The minimum atomic E-state index is -0.122. The molecule has 0 fully saturated rings. The lowest BCUT2D eigenvalue weighted by atomic mass is 9.99. The van der Waals surface area contributed by atoms with Gasteiger partial charge in [0.1, 0.15) is 5.82 Å². The van der Waals surface area contributed by atoms with E-state index in [4.69, 9.17) is 0 Å². The molecular weight excluding hydrogens is 189 g/mol. The Morgan fingerprint density at radius 3 is 2.80 bits per heavy atom. The standard InChI is InChI=1S/C13H18FN/c1-4-7-15-12-6-5-11(14)8-10(12)9-13(15,2)3/h5-6,8H,4,7,9H2,1-3H3. The van der Waals surface area contributed by atoms with Crippen molar-refractivity contribution in [1.82, 2.24) is 0 Å². The molecule has 1 heterocycles. The van der Waals surface area contributed by atoms with Crippen LogP contribution in [0.15, 0.2) is 18.2 Å². The molecule has 0 atom stereocenters. The summed E-state index contributed by atoms with van der Waals surface area (Å²) in [5.74, 6) is -0.122. The zero-order valence-corrected chi connectivity index (χ0v) is 9.68. The summed E-state index contributed by atoms with van der Waals surface area (Å²) in [6.07, 6.45) is 2.07. The Morgan fingerprint density at radius 1 is 1.40 bits per heavy atom. The fourth-order valence-electron chi connectivity index (χ4n) is 2.49. The van der Waals surface area contributed by atoms with Crippen molar-refractivity contribution >= 4 is 5.69 Å². The van der Waals surface area contributed by atoms with Crippen LogP contribution in [-0.4, -0.2) is 12.1 Å². The van der Waals surface area contributed by atoms with E-state index in [1.54, 1.807) is 12.1 Å². The van der Waals surface area contributed by atoms with E-state index in [-0.39, 0.29) is 11.4 Å². The molecule has 0 spiro atoms. The summed E-state index contributed by atoms with van der Waals surface area (Å²) in [7, 11) is 0. The first-order valence-electron chi connectivity index (χ1n) is 5.60. The average Bonchev–Trinajstić information content (AvgIpc) is 2.37. The van der Waals surface area contributed by atoms with Crippen molar-refractivity contribution in [2.24, 2.45) is 0 Å². The molecule has 0 aromatic heterocycles. The van der Waals surface area contributed by atoms with Crippen molar-refractivity contribution in [3.8, 4) is 0 Å². The molecule has 2 rings (SSSR count). The van der Waals surface area contributed by atoms with Crippen molar-refractivity contribution in [3.05, 3.63) is 29.6 Å². The van der Waals surface area contributed by atoms with Gasteiger partial charge in [0.15, 0.2) is 0 Å². The molecule has 1 aliphatic heterocycles. The first-order chi connectivity index (χ1) is 7.04. The summed E-state index contributed by atoms with van der Waals surface area (Å²) in [5, 5.41) is 0. The molecule has 2 heteroatoms. The van der Waals surface area contributed by atoms with E-state index in [0.29, 0.717) is 0 Å². The molecule has 0 saturated carbocycles. The second kappa shape index (κ2) is 3.51. The maximum Gasteiger partial charge on any atom is 0.123 e. The molecule has 0 amide bonds. The Kier molecular flexibility index (Phi) is 2.45. The van der Waals surface area contributed by atoms with Gasteiger partial charge in [0.25, 0.3) is 0 Å². The number of benzene rings is 1. The van der Waals surface area contributed by atoms with Gasteiger partial charge >= 0.3 is 0 Å². The highest BCUT2D eigenvalue weighted by molar-refractivity contribution is 5.61. The van der Waals surface area contributed by atoms with Crippen LogP contribution < -0.4 is 4.90 Å². The zero-order valence-electron chi connectivity index (χ0n) is 9.68. The largest absolute Gasteiger partial charge is 0.366 e. The number of hydrogen-bond donors (Lipinski definition) is 0. The van der Waals surface area contributed by atoms with E-state index in [9.17, 15) is 4.39 Å². The van der Waals surface area contributed by atoms with Crippen LogP contribution in [0.1, 0.15) is 32.8 Å². The van der Waals surface area contributed by atoms with Crippen LogP contribution in [0.4, 0.5) is 10.1 Å². The first kappa shape index (κ1) is 10.5. The third-order valence-corrected chi connectivity index (χ3v) is 3.13. The molecule has 0 N–H and O–H groups in total. The van der Waals surface area contributed by atoms with Gasteiger partial charge in [0.05, 0.1) is 0 Å². The van der Waals surface area contributed by atoms with Gasteiger partial charge in [-0.1, -0.05) is 6.92 Å². The molecule has 1 aromatic carbocycles. The lowest BCUT2D eigenvalue weighted by Gasteiger charge is -2.34. The predicted molar refractivity (Wildman–Crippen MR) is 61.8 cm³/mol. The van der Waals surface area contributed by atoms with Crippen molar-refractivity contribution < 1.29 is 4.39 Å². The number of nitrogens with zero attached hydrogens (tertiary/aromatic N) is 1. The van der Waals surface area contributed by atoms with Gasteiger partial charge in [0, 0.05) is 17.8 Å². The van der Waals surface area contributed by atoms with Gasteiger partial charge in [-0.2, -0.15) is 0 Å². The zero-order chi connectivity index (χ0) is 11.1. The van der Waals surface area contributed by atoms with Crippen LogP contribution in [-0.2, 0) is 6.42 Å². The van der Waals surface area contributed by atoms with E-state index in [1.165, 1.54) is 5.69 Å². The molecule has 0 saturated heterocycles. The van der Waals surface area contributed by atoms with Crippen LogP contribution in [0.3, 0.4) is 0 Å². The van der Waals surface area contributed by atoms with Crippen LogP contribution in [0.2, 0.25) is 0 Å². The van der Waals surface area contributed by atoms with Crippen molar-refractivity contribution in [2.75, 3.05) is 11.4 Å². The van der Waals surface area contributed by atoms with E-state index >= 15 is 0 Å². The predicted octanol–water partition coefficient (Wildman–Crippen LogP) is 3.38. The summed E-state index contributed by atoms with van der Waals surface area (Å²) < 4.78 is 13.1. The molecule has 0 unspecified atom stereocenters. The summed E-state index contributed by atoms with van der Waals surface area (Å²) in [6, 6.07) is 5.14. The summed E-state index contributed by atoms with van der Waals surface area (Å²) in [4.78, 5) is 2.39. The molecule has 15 heavy (non-hydrogen) atoms. The number of halogens is 1. The molecule has 1 aliphatic rings. The Morgan fingerprint density at radius 2 is 2.13 bits per heavy atom. The minimum Gasteiger partial charge on any atom is -0.366 e. The highest BCUT2D eigenvalue weighted by Gasteiger charge is 2.35. The lowest BCUT2D eigenvalue weighted by Crippen LogP contribution is -2.41. The SMILES string of the molecule is CCCN1c2ccc(F)cc2CC1(C)C. The second-order valence-corrected chi connectivity index (χ2v) is 4.91. The van der Waals surface area contributed by atoms with Crippen molar-refractivity contribution in [2.45, 2.75) is 39.2 Å². The number of rotatable bonds is 2. The molecular formula is C13H18FN. The molecule has 82 valence electrons. The van der Waals surface area contributed by atoms with Crippen LogP contribution in [0, 0.1) is 5.82 Å². The summed E-state index contributed by atoms with van der Waals surface area (Å²) in [5.41, 5.74) is 2.49. The van der Waals surface area contributed by atoms with E-state index in [2.05, 4.69) is 25.7 Å². The average molecular weight is 207 g/mol. The van der Waals surface area contributed by atoms with Crippen molar-refractivity contribution in [3.63, 3.8) is 0 Å². The number of hydrogen-bond acceptors (Lipinski definition) is 1. The highest BCUT2D eigenvalue weighted by Crippen LogP contribution is 2.38. The Balaban J connectivity index is 2.40. The topological polar surface area (TPSA) is 3.24 Å². The summed E-state index contributed by atoms with van der Waals surface area (Å²) >= 11 is 0. The van der Waals surface area contributed by atoms with E-state index < -0.39 is 0 Å². The first-order valence-corrected chi connectivity index (χ1v) is 5.60. The van der Waals surface area contributed by atoms with Crippen LogP contribution in [0.5, 0.6) is 0 Å². The maximum atomic E-state index is 13.1. The molecule has 1 aromatic rings. The third kappa shape index (κ3) is 1.73.